The number of anilines is 1. The molecule has 0 spiro atoms. The molecular weight excluding hydrogens is 462 g/mol. The number of benzene rings is 3. The molecule has 1 aliphatic heterocycles. The van der Waals surface area contributed by atoms with Gasteiger partial charge in [0.2, 0.25) is 0 Å². The summed E-state index contributed by atoms with van der Waals surface area (Å²) in [5.41, 5.74) is 4.49. The highest BCUT2D eigenvalue weighted by Gasteiger charge is 2.36. The maximum atomic E-state index is 13.0. The van der Waals surface area contributed by atoms with E-state index in [1.54, 1.807) is 73.4 Å². The number of nitrogens with zero attached hydrogens (tertiary/aromatic N) is 3. The Morgan fingerprint density at radius 1 is 0.971 bits per heavy atom. The summed E-state index contributed by atoms with van der Waals surface area (Å²) in [7, 11) is -0.527. The summed E-state index contributed by atoms with van der Waals surface area (Å²) in [6.45, 7) is 1.83. The van der Waals surface area contributed by atoms with Crippen LogP contribution in [0.15, 0.2) is 83.8 Å². The number of fused-ring (bicyclic) bond motifs is 3. The van der Waals surface area contributed by atoms with Crippen molar-refractivity contribution >= 4 is 27.6 Å². The summed E-state index contributed by atoms with van der Waals surface area (Å²) in [4.78, 5) is 13.0. The number of hydrogen-bond donors (Lipinski definition) is 0. The summed E-state index contributed by atoms with van der Waals surface area (Å²) in [6.07, 6.45) is 3.25. The second-order valence-corrected chi connectivity index (χ2v) is 10.1. The summed E-state index contributed by atoms with van der Waals surface area (Å²) >= 11 is 0. The SMILES string of the molecule is COc1ccccc1/C=C/C(=O)c1ccc(-n2nc3c(c2C)N(C)S(=O)(=O)c2ccccc2-3)cc1. The molecule has 0 fully saturated rings. The Hall–Kier alpha value is -4.17. The number of rotatable bonds is 5. The van der Waals surface area contributed by atoms with Crippen LogP contribution < -0.4 is 9.04 Å². The quantitative estimate of drug-likeness (QED) is 0.297. The predicted octanol–water partition coefficient (Wildman–Crippen LogP) is 4.89. The summed E-state index contributed by atoms with van der Waals surface area (Å²) in [5.74, 6) is 0.553. The summed E-state index contributed by atoms with van der Waals surface area (Å²) < 4.78 is 34.4. The van der Waals surface area contributed by atoms with E-state index in [0.29, 0.717) is 34.0 Å². The van der Waals surface area contributed by atoms with E-state index in [1.165, 1.54) is 10.4 Å². The number of methoxy groups -OCH3 is 1. The van der Waals surface area contributed by atoms with Gasteiger partial charge in [-0.25, -0.2) is 13.1 Å². The van der Waals surface area contributed by atoms with E-state index in [-0.39, 0.29) is 10.7 Å². The molecule has 0 radical (unpaired) electrons. The van der Waals surface area contributed by atoms with E-state index >= 15 is 0 Å². The Balaban J connectivity index is 1.48. The third-order valence-electron chi connectivity index (χ3n) is 6.13. The Kier molecular flexibility index (Phi) is 5.53. The van der Waals surface area contributed by atoms with Gasteiger partial charge in [0, 0.05) is 23.7 Å². The van der Waals surface area contributed by atoms with Crippen LogP contribution in [0.2, 0.25) is 0 Å². The molecule has 8 heteroatoms. The molecule has 4 aromatic rings. The average Bonchev–Trinajstić information content (AvgIpc) is 3.23. The van der Waals surface area contributed by atoms with Crippen LogP contribution in [0.25, 0.3) is 23.0 Å². The molecule has 3 aromatic carbocycles. The van der Waals surface area contributed by atoms with E-state index in [9.17, 15) is 13.2 Å². The number of aromatic nitrogens is 2. The van der Waals surface area contributed by atoms with E-state index in [2.05, 4.69) is 0 Å². The minimum absolute atomic E-state index is 0.140. The molecule has 0 unspecified atom stereocenters. The lowest BCUT2D eigenvalue weighted by Crippen LogP contribution is -2.30. The zero-order chi connectivity index (χ0) is 24.7. The number of sulfonamides is 1. The zero-order valence-corrected chi connectivity index (χ0v) is 20.3. The third-order valence-corrected chi connectivity index (χ3v) is 7.95. The smallest absolute Gasteiger partial charge is 0.264 e. The highest BCUT2D eigenvalue weighted by atomic mass is 32.2. The van der Waals surface area contributed by atoms with Gasteiger partial charge in [0.1, 0.15) is 17.1 Å². The van der Waals surface area contributed by atoms with Gasteiger partial charge in [0.15, 0.2) is 5.78 Å². The van der Waals surface area contributed by atoms with Gasteiger partial charge in [-0.1, -0.05) is 36.4 Å². The molecular formula is C27H23N3O4S. The van der Waals surface area contributed by atoms with Crippen molar-refractivity contribution in [1.82, 2.24) is 9.78 Å². The Morgan fingerprint density at radius 2 is 1.66 bits per heavy atom. The second-order valence-electron chi connectivity index (χ2n) is 8.15. The predicted molar refractivity (Wildman–Crippen MR) is 136 cm³/mol. The van der Waals surface area contributed by atoms with Gasteiger partial charge < -0.3 is 4.74 Å². The van der Waals surface area contributed by atoms with Crippen LogP contribution in [0.5, 0.6) is 5.75 Å². The van der Waals surface area contributed by atoms with Crippen molar-refractivity contribution in [3.8, 4) is 22.7 Å². The van der Waals surface area contributed by atoms with Crippen molar-refractivity contribution in [1.29, 1.82) is 0 Å². The van der Waals surface area contributed by atoms with Crippen molar-refractivity contribution in [2.45, 2.75) is 11.8 Å². The number of para-hydroxylation sites is 1. The second kappa shape index (κ2) is 8.56. The number of ether oxygens (including phenoxy) is 1. The third kappa shape index (κ3) is 3.72. The van der Waals surface area contributed by atoms with Gasteiger partial charge in [0.25, 0.3) is 10.0 Å². The maximum Gasteiger partial charge on any atom is 0.264 e. The molecule has 1 aromatic heterocycles. The van der Waals surface area contributed by atoms with Crippen molar-refractivity contribution in [2.75, 3.05) is 18.5 Å². The largest absolute Gasteiger partial charge is 0.496 e. The first-order chi connectivity index (χ1) is 16.8. The molecule has 0 atom stereocenters. The van der Waals surface area contributed by atoms with E-state index in [4.69, 9.17) is 9.84 Å². The molecule has 0 amide bonds. The lowest BCUT2D eigenvalue weighted by molar-refractivity contribution is 0.104. The summed E-state index contributed by atoms with van der Waals surface area (Å²) in [5, 5.41) is 4.75. The Morgan fingerprint density at radius 3 is 2.40 bits per heavy atom. The number of carbonyl (C=O) groups excluding carboxylic acids is 1. The molecule has 7 nitrogen and oxygen atoms in total. The fourth-order valence-corrected chi connectivity index (χ4v) is 5.74. The molecule has 2 heterocycles. The number of hydrogen-bond acceptors (Lipinski definition) is 5. The normalized spacial score (nSPS) is 14.0. The Labute approximate surface area is 203 Å². The van der Waals surface area contributed by atoms with Crippen molar-refractivity contribution < 1.29 is 17.9 Å². The van der Waals surface area contributed by atoms with Gasteiger partial charge >= 0.3 is 0 Å². The van der Waals surface area contributed by atoms with Crippen LogP contribution in [-0.4, -0.2) is 38.1 Å². The maximum absolute atomic E-state index is 13.0. The van der Waals surface area contributed by atoms with Gasteiger partial charge in [0.05, 0.1) is 23.4 Å². The molecule has 0 aliphatic carbocycles. The molecule has 5 rings (SSSR count). The van der Waals surface area contributed by atoms with Gasteiger partial charge in [-0.05, 0) is 55.5 Å². The van der Waals surface area contributed by atoms with Crippen LogP contribution in [0.1, 0.15) is 21.6 Å². The standard InChI is InChI=1S/C27H23N3O4S/c1-18-27-26(22-9-5-7-11-25(22)35(32,33)29(27)2)28-30(18)21-15-12-19(13-16-21)23(31)17-14-20-8-4-6-10-24(20)34-3/h4-17H,1-3H3/b17-14+. The molecule has 1 aliphatic rings. The van der Waals surface area contributed by atoms with Gasteiger partial charge in [-0.3, -0.25) is 9.10 Å². The van der Waals surface area contributed by atoms with E-state index < -0.39 is 10.0 Å². The molecule has 0 saturated carbocycles. The zero-order valence-electron chi connectivity index (χ0n) is 19.5. The fraction of sp³-hybridized carbons (Fsp3) is 0.111. The molecule has 0 N–H and O–H groups in total. The fourth-order valence-electron chi connectivity index (χ4n) is 4.29. The Bertz CT molecular complexity index is 1590. The van der Waals surface area contributed by atoms with Crippen LogP contribution in [0, 0.1) is 6.92 Å². The number of carbonyl (C=O) groups is 1. The minimum atomic E-state index is -3.66. The average molecular weight is 486 g/mol. The lowest BCUT2D eigenvalue weighted by Gasteiger charge is -2.26. The highest BCUT2D eigenvalue weighted by molar-refractivity contribution is 7.93. The minimum Gasteiger partial charge on any atom is -0.496 e. The number of ketones is 1. The van der Waals surface area contributed by atoms with Crippen LogP contribution in [0.3, 0.4) is 0 Å². The first kappa shape index (κ1) is 22.6. The lowest BCUT2D eigenvalue weighted by atomic mass is 10.1. The van der Waals surface area contributed by atoms with Crippen molar-refractivity contribution in [3.63, 3.8) is 0 Å². The molecule has 0 bridgehead atoms. The van der Waals surface area contributed by atoms with Crippen LogP contribution >= 0.6 is 0 Å². The molecule has 176 valence electrons. The topological polar surface area (TPSA) is 81.5 Å². The van der Waals surface area contributed by atoms with Crippen molar-refractivity contribution in [2.24, 2.45) is 0 Å². The summed E-state index contributed by atoms with van der Waals surface area (Å²) in [6, 6.07) is 21.4. The van der Waals surface area contributed by atoms with Crippen LogP contribution in [0.4, 0.5) is 5.69 Å². The van der Waals surface area contributed by atoms with Gasteiger partial charge in [-0.2, -0.15) is 5.10 Å². The monoisotopic (exact) mass is 485 g/mol. The van der Waals surface area contributed by atoms with Gasteiger partial charge in [-0.15, -0.1) is 0 Å². The first-order valence-corrected chi connectivity index (χ1v) is 12.4. The van der Waals surface area contributed by atoms with Crippen LogP contribution in [-0.2, 0) is 10.0 Å². The highest BCUT2D eigenvalue weighted by Crippen LogP contribution is 2.43. The molecule has 35 heavy (non-hydrogen) atoms. The number of allylic oxidation sites excluding steroid dienone is 1. The van der Waals surface area contributed by atoms with Crippen molar-refractivity contribution in [3.05, 3.63) is 95.7 Å². The van der Waals surface area contributed by atoms with E-state index in [1.807, 2.05) is 31.2 Å². The first-order valence-electron chi connectivity index (χ1n) is 11.0. The van der Waals surface area contributed by atoms with E-state index in [0.717, 1.165) is 11.3 Å². The molecule has 0 saturated heterocycles.